The van der Waals surface area contributed by atoms with E-state index < -0.39 is 0 Å². The Kier molecular flexibility index (Phi) is 2.18. The standard InChI is InChI=1S/C8H13NOS/c1-8(2,3)6-7(10-4)9-5-11-6/h5H,1-4H3. The predicted octanol–water partition coefficient (Wildman–Crippen LogP) is 2.45. The number of aromatic nitrogens is 1. The monoisotopic (exact) mass is 171 g/mol. The van der Waals surface area contributed by atoms with Crippen molar-refractivity contribution in [3.8, 4) is 5.88 Å². The molecule has 0 aliphatic rings. The Balaban J connectivity index is 3.02. The van der Waals surface area contributed by atoms with Crippen molar-refractivity contribution >= 4 is 11.3 Å². The van der Waals surface area contributed by atoms with Crippen LogP contribution in [0.15, 0.2) is 5.51 Å². The Labute approximate surface area is 71.2 Å². The highest BCUT2D eigenvalue weighted by Crippen LogP contribution is 2.33. The van der Waals surface area contributed by atoms with Crippen molar-refractivity contribution in [2.75, 3.05) is 7.11 Å². The highest BCUT2D eigenvalue weighted by atomic mass is 32.1. The number of hydrogen-bond acceptors (Lipinski definition) is 3. The van der Waals surface area contributed by atoms with Crippen LogP contribution in [0.5, 0.6) is 5.88 Å². The highest BCUT2D eigenvalue weighted by Gasteiger charge is 2.20. The fourth-order valence-corrected chi connectivity index (χ4v) is 1.72. The number of thiazole rings is 1. The topological polar surface area (TPSA) is 22.1 Å². The second-order valence-corrected chi connectivity index (χ2v) is 4.30. The molecule has 1 aromatic heterocycles. The molecular weight excluding hydrogens is 158 g/mol. The van der Waals surface area contributed by atoms with Gasteiger partial charge in [0.15, 0.2) is 0 Å². The smallest absolute Gasteiger partial charge is 0.227 e. The molecule has 1 heterocycles. The lowest BCUT2D eigenvalue weighted by atomic mass is 9.95. The molecule has 0 bridgehead atoms. The normalized spacial score (nSPS) is 11.6. The van der Waals surface area contributed by atoms with Gasteiger partial charge >= 0.3 is 0 Å². The number of rotatable bonds is 1. The van der Waals surface area contributed by atoms with Gasteiger partial charge in [-0.3, -0.25) is 0 Å². The molecule has 0 radical (unpaired) electrons. The van der Waals surface area contributed by atoms with Crippen molar-refractivity contribution < 1.29 is 4.74 Å². The summed E-state index contributed by atoms with van der Waals surface area (Å²) in [7, 11) is 1.66. The fourth-order valence-electron chi connectivity index (χ4n) is 0.879. The van der Waals surface area contributed by atoms with Gasteiger partial charge in [0, 0.05) is 5.41 Å². The summed E-state index contributed by atoms with van der Waals surface area (Å²) in [5.41, 5.74) is 1.96. The molecule has 0 aromatic carbocycles. The first-order valence-electron chi connectivity index (χ1n) is 3.53. The van der Waals surface area contributed by atoms with Gasteiger partial charge in [-0.25, -0.2) is 4.98 Å². The third-order valence-electron chi connectivity index (χ3n) is 1.41. The minimum Gasteiger partial charge on any atom is -0.480 e. The maximum absolute atomic E-state index is 5.11. The Bertz CT molecular complexity index is 236. The number of ether oxygens (including phenoxy) is 1. The van der Waals surface area contributed by atoms with Crippen LogP contribution in [-0.2, 0) is 5.41 Å². The van der Waals surface area contributed by atoms with Crippen molar-refractivity contribution in [1.29, 1.82) is 0 Å². The molecule has 2 nitrogen and oxygen atoms in total. The molecule has 0 fully saturated rings. The molecule has 0 N–H and O–H groups in total. The minimum absolute atomic E-state index is 0.145. The van der Waals surface area contributed by atoms with Crippen LogP contribution in [0.2, 0.25) is 0 Å². The van der Waals surface area contributed by atoms with E-state index >= 15 is 0 Å². The SMILES string of the molecule is COc1ncsc1C(C)(C)C. The van der Waals surface area contributed by atoms with E-state index in [2.05, 4.69) is 25.8 Å². The van der Waals surface area contributed by atoms with Crippen molar-refractivity contribution in [1.82, 2.24) is 4.98 Å². The third-order valence-corrected chi connectivity index (χ3v) is 2.64. The summed E-state index contributed by atoms with van der Waals surface area (Å²) in [5, 5.41) is 0. The summed E-state index contributed by atoms with van der Waals surface area (Å²) in [6.07, 6.45) is 0. The molecule has 11 heavy (non-hydrogen) atoms. The molecule has 1 aromatic rings. The zero-order valence-electron chi connectivity index (χ0n) is 7.34. The van der Waals surface area contributed by atoms with Crippen LogP contribution >= 0.6 is 11.3 Å². The third kappa shape index (κ3) is 1.71. The molecule has 3 heteroatoms. The largest absolute Gasteiger partial charge is 0.480 e. The van der Waals surface area contributed by atoms with E-state index in [0.29, 0.717) is 0 Å². The quantitative estimate of drug-likeness (QED) is 0.647. The zero-order chi connectivity index (χ0) is 8.48. The van der Waals surface area contributed by atoms with Gasteiger partial charge in [0.05, 0.1) is 17.5 Å². The molecule has 0 atom stereocenters. The van der Waals surface area contributed by atoms with Gasteiger partial charge in [-0.2, -0.15) is 0 Å². The fraction of sp³-hybridized carbons (Fsp3) is 0.625. The lowest BCUT2D eigenvalue weighted by molar-refractivity contribution is 0.386. The van der Waals surface area contributed by atoms with E-state index in [1.54, 1.807) is 18.4 Å². The molecule has 0 aliphatic heterocycles. The van der Waals surface area contributed by atoms with E-state index in [1.165, 1.54) is 4.88 Å². The zero-order valence-corrected chi connectivity index (χ0v) is 8.16. The summed E-state index contributed by atoms with van der Waals surface area (Å²) in [5.74, 6) is 0.766. The van der Waals surface area contributed by atoms with Gasteiger partial charge in [-0.1, -0.05) is 20.8 Å². The van der Waals surface area contributed by atoms with Crippen LogP contribution in [0, 0.1) is 0 Å². The maximum Gasteiger partial charge on any atom is 0.227 e. The van der Waals surface area contributed by atoms with Gasteiger partial charge in [-0.05, 0) is 0 Å². The van der Waals surface area contributed by atoms with Gasteiger partial charge in [0.2, 0.25) is 5.88 Å². The molecule has 0 amide bonds. The maximum atomic E-state index is 5.11. The minimum atomic E-state index is 0.145. The van der Waals surface area contributed by atoms with Gasteiger partial charge in [0.1, 0.15) is 0 Å². The Morgan fingerprint density at radius 2 is 2.09 bits per heavy atom. The molecule has 0 unspecified atom stereocenters. The second-order valence-electron chi connectivity index (χ2n) is 3.44. The van der Waals surface area contributed by atoms with E-state index in [1.807, 2.05) is 5.51 Å². The average Bonchev–Trinajstić information content (AvgIpc) is 2.31. The predicted molar refractivity (Wildman–Crippen MR) is 47.4 cm³/mol. The molecule has 0 saturated carbocycles. The first-order chi connectivity index (χ1) is 5.05. The average molecular weight is 171 g/mol. The van der Waals surface area contributed by atoms with Gasteiger partial charge < -0.3 is 4.74 Å². The molecule has 0 saturated heterocycles. The highest BCUT2D eigenvalue weighted by molar-refractivity contribution is 7.10. The lowest BCUT2D eigenvalue weighted by Gasteiger charge is -2.16. The van der Waals surface area contributed by atoms with E-state index in [4.69, 9.17) is 4.74 Å². The van der Waals surface area contributed by atoms with E-state index in [0.717, 1.165) is 5.88 Å². The van der Waals surface area contributed by atoms with Crippen LogP contribution in [0.25, 0.3) is 0 Å². The summed E-state index contributed by atoms with van der Waals surface area (Å²) in [4.78, 5) is 5.31. The van der Waals surface area contributed by atoms with Crippen LogP contribution in [-0.4, -0.2) is 12.1 Å². The summed E-state index contributed by atoms with van der Waals surface area (Å²) >= 11 is 1.64. The Morgan fingerprint density at radius 1 is 1.45 bits per heavy atom. The van der Waals surface area contributed by atoms with Crippen molar-refractivity contribution in [3.05, 3.63) is 10.4 Å². The molecule has 0 aliphatic carbocycles. The van der Waals surface area contributed by atoms with Crippen molar-refractivity contribution in [2.24, 2.45) is 0 Å². The lowest BCUT2D eigenvalue weighted by Crippen LogP contribution is -2.10. The first kappa shape index (κ1) is 8.53. The second kappa shape index (κ2) is 2.81. The van der Waals surface area contributed by atoms with Gasteiger partial charge in [0.25, 0.3) is 0 Å². The number of nitrogens with zero attached hydrogens (tertiary/aromatic N) is 1. The Morgan fingerprint density at radius 3 is 2.45 bits per heavy atom. The summed E-state index contributed by atoms with van der Waals surface area (Å²) < 4.78 is 5.11. The molecule has 62 valence electrons. The first-order valence-corrected chi connectivity index (χ1v) is 4.41. The summed E-state index contributed by atoms with van der Waals surface area (Å²) in [6, 6.07) is 0. The molecular formula is C8H13NOS. The van der Waals surface area contributed by atoms with Crippen molar-refractivity contribution in [2.45, 2.75) is 26.2 Å². The van der Waals surface area contributed by atoms with Crippen molar-refractivity contribution in [3.63, 3.8) is 0 Å². The Hall–Kier alpha value is -0.570. The summed E-state index contributed by atoms with van der Waals surface area (Å²) in [6.45, 7) is 6.47. The van der Waals surface area contributed by atoms with E-state index in [-0.39, 0.29) is 5.41 Å². The molecule has 1 rings (SSSR count). The van der Waals surface area contributed by atoms with Crippen LogP contribution in [0.4, 0.5) is 0 Å². The van der Waals surface area contributed by atoms with E-state index in [9.17, 15) is 0 Å². The van der Waals surface area contributed by atoms with Crippen LogP contribution in [0.1, 0.15) is 25.6 Å². The number of methoxy groups -OCH3 is 1. The van der Waals surface area contributed by atoms with Crippen LogP contribution < -0.4 is 4.74 Å². The number of hydrogen-bond donors (Lipinski definition) is 0. The van der Waals surface area contributed by atoms with Gasteiger partial charge in [-0.15, -0.1) is 11.3 Å². The van der Waals surface area contributed by atoms with Crippen LogP contribution in [0.3, 0.4) is 0 Å². The molecule has 0 spiro atoms.